The lowest BCUT2D eigenvalue weighted by Crippen LogP contribution is -2.64. The molecular weight excluding hydrogens is 522 g/mol. The van der Waals surface area contributed by atoms with Crippen molar-refractivity contribution in [1.29, 1.82) is 0 Å². The van der Waals surface area contributed by atoms with E-state index in [2.05, 4.69) is 26.0 Å². The van der Waals surface area contributed by atoms with Crippen molar-refractivity contribution in [2.24, 2.45) is 11.3 Å². The van der Waals surface area contributed by atoms with Crippen molar-refractivity contribution in [3.63, 3.8) is 0 Å². The summed E-state index contributed by atoms with van der Waals surface area (Å²) in [6.07, 6.45) is -11.8. The molecule has 4 nitrogen and oxygen atoms in total. The van der Waals surface area contributed by atoms with Gasteiger partial charge in [0.25, 0.3) is 0 Å². The fraction of sp³-hybridized carbons (Fsp3) is 0.579. The van der Waals surface area contributed by atoms with E-state index in [9.17, 15) is 35.9 Å². The summed E-state index contributed by atoms with van der Waals surface area (Å²) < 4.78 is 116. The molecule has 1 unspecified atom stereocenters. The fourth-order valence-electron chi connectivity index (χ4n) is 3.93. The largest absolute Gasteiger partial charge is 0.416 e. The quantitative estimate of drug-likeness (QED) is 0.320. The first kappa shape index (κ1) is 24.9. The molecule has 1 saturated carbocycles. The minimum atomic E-state index is -5.24. The number of carbonyl (C=O) groups is 2. The van der Waals surface area contributed by atoms with Gasteiger partial charge in [0, 0.05) is 10.0 Å². The van der Waals surface area contributed by atoms with Crippen LogP contribution in [0.5, 0.6) is 0 Å². The van der Waals surface area contributed by atoms with Gasteiger partial charge in [-0.2, -0.15) is 35.1 Å². The standard InChI is InChI=1S/C19H16BrF8NO3/c1-9-4-7-29-16(9,14(31)32-13(30)15(5-6-15)19(26,27)28)17(21,22)11-3-2-10(20)8-12(11)18(23,24)25/h2-3,8-9,29H,4-7H2,1H3/t9?,16-/m0/s1. The lowest BCUT2D eigenvalue weighted by atomic mass is 9.77. The molecule has 32 heavy (non-hydrogen) atoms. The average molecular weight is 538 g/mol. The highest BCUT2D eigenvalue weighted by Crippen LogP contribution is 2.59. The average Bonchev–Trinajstić information content (AvgIpc) is 3.38. The van der Waals surface area contributed by atoms with Crippen LogP contribution in [0.15, 0.2) is 22.7 Å². The van der Waals surface area contributed by atoms with E-state index in [0.717, 1.165) is 13.0 Å². The van der Waals surface area contributed by atoms with Crippen molar-refractivity contribution >= 4 is 27.9 Å². The van der Waals surface area contributed by atoms with Gasteiger partial charge in [0.1, 0.15) is 0 Å². The summed E-state index contributed by atoms with van der Waals surface area (Å²) in [5.41, 5.74) is -9.48. The third-order valence-corrected chi connectivity index (χ3v) is 6.52. The van der Waals surface area contributed by atoms with Gasteiger partial charge < -0.3 is 4.74 Å². The lowest BCUT2D eigenvalue weighted by Gasteiger charge is -2.39. The predicted octanol–water partition coefficient (Wildman–Crippen LogP) is 5.34. The van der Waals surface area contributed by atoms with E-state index >= 15 is 8.78 Å². The number of alkyl halides is 8. The molecule has 1 saturated heterocycles. The van der Waals surface area contributed by atoms with Crippen LogP contribution in [-0.4, -0.2) is 30.2 Å². The Hall–Kier alpha value is -1.76. The number of hydrogen-bond acceptors (Lipinski definition) is 4. The second-order valence-corrected chi connectivity index (χ2v) is 8.86. The number of ether oxygens (including phenoxy) is 1. The maximum absolute atomic E-state index is 15.7. The van der Waals surface area contributed by atoms with E-state index in [1.54, 1.807) is 0 Å². The number of rotatable bonds is 4. The van der Waals surface area contributed by atoms with Gasteiger partial charge in [-0.3, -0.25) is 10.1 Å². The number of benzene rings is 1. The Labute approximate surface area is 184 Å². The third kappa shape index (κ3) is 3.70. The molecule has 0 amide bonds. The van der Waals surface area contributed by atoms with Crippen LogP contribution in [-0.2, 0) is 26.4 Å². The zero-order valence-corrected chi connectivity index (χ0v) is 17.9. The van der Waals surface area contributed by atoms with Crippen molar-refractivity contribution in [1.82, 2.24) is 5.32 Å². The van der Waals surface area contributed by atoms with Crippen molar-refractivity contribution in [2.45, 2.75) is 50.0 Å². The van der Waals surface area contributed by atoms with Crippen LogP contribution < -0.4 is 5.32 Å². The van der Waals surface area contributed by atoms with Gasteiger partial charge >= 0.3 is 30.2 Å². The lowest BCUT2D eigenvalue weighted by molar-refractivity contribution is -0.212. The van der Waals surface area contributed by atoms with Crippen molar-refractivity contribution in [3.05, 3.63) is 33.8 Å². The molecule has 178 valence electrons. The molecule has 2 fully saturated rings. The zero-order valence-electron chi connectivity index (χ0n) is 16.3. The molecule has 1 heterocycles. The number of carbonyl (C=O) groups excluding carboxylic acids is 2. The highest BCUT2D eigenvalue weighted by molar-refractivity contribution is 9.10. The molecule has 0 spiro atoms. The van der Waals surface area contributed by atoms with Crippen LogP contribution in [0, 0.1) is 11.3 Å². The van der Waals surface area contributed by atoms with E-state index in [1.165, 1.54) is 0 Å². The second kappa shape index (κ2) is 7.64. The van der Waals surface area contributed by atoms with Crippen molar-refractivity contribution in [2.75, 3.05) is 6.54 Å². The summed E-state index contributed by atoms with van der Waals surface area (Å²) in [5, 5.41) is 2.13. The van der Waals surface area contributed by atoms with E-state index in [4.69, 9.17) is 0 Å². The molecule has 3 rings (SSSR count). The highest BCUT2D eigenvalue weighted by atomic mass is 79.9. The monoisotopic (exact) mass is 537 g/mol. The molecule has 0 aromatic heterocycles. The highest BCUT2D eigenvalue weighted by Gasteiger charge is 2.72. The second-order valence-electron chi connectivity index (χ2n) is 7.94. The first-order valence-corrected chi connectivity index (χ1v) is 10.1. The fourth-order valence-corrected chi connectivity index (χ4v) is 4.29. The third-order valence-electron chi connectivity index (χ3n) is 6.03. The smallest absolute Gasteiger partial charge is 0.391 e. The molecule has 1 aliphatic heterocycles. The molecule has 0 bridgehead atoms. The van der Waals surface area contributed by atoms with Gasteiger partial charge in [0.15, 0.2) is 11.0 Å². The first-order valence-electron chi connectivity index (χ1n) is 9.34. The Morgan fingerprint density at radius 3 is 2.06 bits per heavy atom. The van der Waals surface area contributed by atoms with Crippen LogP contribution in [0.25, 0.3) is 0 Å². The summed E-state index contributed by atoms with van der Waals surface area (Å²) >= 11 is 2.77. The summed E-state index contributed by atoms with van der Waals surface area (Å²) in [5.74, 6) is -10.1. The number of halogens is 9. The van der Waals surface area contributed by atoms with E-state index in [1.807, 2.05) is 0 Å². The molecule has 1 aromatic carbocycles. The molecule has 13 heteroatoms. The molecule has 1 aliphatic carbocycles. The molecular formula is C19H16BrF8NO3. The van der Waals surface area contributed by atoms with E-state index in [0.29, 0.717) is 12.1 Å². The predicted molar refractivity (Wildman–Crippen MR) is 96.4 cm³/mol. The minimum Gasteiger partial charge on any atom is -0.391 e. The van der Waals surface area contributed by atoms with Crippen LogP contribution in [0.2, 0.25) is 0 Å². The topological polar surface area (TPSA) is 55.4 Å². The number of esters is 2. The van der Waals surface area contributed by atoms with Crippen LogP contribution in [0.1, 0.15) is 37.3 Å². The SMILES string of the molecule is CC1CCN[C@@]1(C(=O)OC(=O)C1(C(F)(F)F)CC1)C(F)(F)c1ccc(Br)cc1C(F)(F)F. The van der Waals surface area contributed by atoms with Gasteiger partial charge in [-0.1, -0.05) is 28.9 Å². The summed E-state index contributed by atoms with van der Waals surface area (Å²) in [7, 11) is 0. The van der Waals surface area contributed by atoms with Crippen LogP contribution in [0.3, 0.4) is 0 Å². The zero-order chi connectivity index (χ0) is 24.3. The van der Waals surface area contributed by atoms with Gasteiger partial charge in [0.2, 0.25) is 0 Å². The first-order chi connectivity index (χ1) is 14.5. The van der Waals surface area contributed by atoms with Gasteiger partial charge in [-0.15, -0.1) is 0 Å². The Morgan fingerprint density at radius 2 is 1.62 bits per heavy atom. The molecule has 1 aromatic rings. The van der Waals surface area contributed by atoms with Gasteiger partial charge in [-0.05, 0) is 43.9 Å². The van der Waals surface area contributed by atoms with Gasteiger partial charge in [0.05, 0.1) is 5.56 Å². The van der Waals surface area contributed by atoms with Gasteiger partial charge in [-0.25, -0.2) is 4.79 Å². The Morgan fingerprint density at radius 1 is 1.03 bits per heavy atom. The Balaban J connectivity index is 2.07. The Kier molecular flexibility index (Phi) is 5.94. The number of nitrogens with one attached hydrogen (secondary N) is 1. The van der Waals surface area contributed by atoms with Crippen LogP contribution >= 0.6 is 15.9 Å². The van der Waals surface area contributed by atoms with E-state index < -0.39 is 71.1 Å². The number of hydrogen-bond donors (Lipinski definition) is 1. The molecule has 2 aliphatic rings. The maximum Gasteiger partial charge on any atom is 0.416 e. The maximum atomic E-state index is 15.7. The van der Waals surface area contributed by atoms with Crippen molar-refractivity contribution in [3.8, 4) is 0 Å². The Bertz CT molecular complexity index is 941. The summed E-state index contributed by atoms with van der Waals surface area (Å²) in [6, 6.07) is 1.77. The molecule has 1 N–H and O–H groups in total. The molecule has 2 atom stereocenters. The normalized spacial score (nSPS) is 25.5. The summed E-state index contributed by atoms with van der Waals surface area (Å²) in [6.45, 7) is 0.852. The van der Waals surface area contributed by atoms with Crippen molar-refractivity contribution < 1.29 is 49.4 Å². The van der Waals surface area contributed by atoms with Crippen LogP contribution in [0.4, 0.5) is 35.1 Å². The summed E-state index contributed by atoms with van der Waals surface area (Å²) in [4.78, 5) is 24.9. The minimum absolute atomic E-state index is 0.124. The molecule has 0 radical (unpaired) electrons. The van der Waals surface area contributed by atoms with E-state index in [-0.39, 0.29) is 17.4 Å².